The van der Waals surface area contributed by atoms with Crippen LogP contribution in [0.1, 0.15) is 25.7 Å². The van der Waals surface area contributed by atoms with Crippen LogP contribution in [0.3, 0.4) is 0 Å². The summed E-state index contributed by atoms with van der Waals surface area (Å²) in [6.45, 7) is 0. The lowest BCUT2D eigenvalue weighted by Crippen LogP contribution is -2.46. The van der Waals surface area contributed by atoms with E-state index in [1.54, 1.807) is 0 Å². The molecule has 13 heavy (non-hydrogen) atoms. The number of aliphatic hydroxyl groups is 2. The first-order valence-electron chi connectivity index (χ1n) is 5.29. The van der Waals surface area contributed by atoms with Crippen molar-refractivity contribution in [3.63, 3.8) is 0 Å². The Labute approximate surface area is 78.3 Å². The van der Waals surface area contributed by atoms with E-state index in [9.17, 15) is 10.2 Å². The number of fused-ring (bicyclic) bond motifs is 5. The second kappa shape index (κ2) is 2.37. The number of rotatable bonds is 0. The van der Waals surface area contributed by atoms with E-state index in [1.807, 2.05) is 0 Å². The van der Waals surface area contributed by atoms with Crippen LogP contribution in [0.2, 0.25) is 0 Å². The summed E-state index contributed by atoms with van der Waals surface area (Å²) in [5.41, 5.74) is -0.777. The van der Waals surface area contributed by atoms with Gasteiger partial charge in [0.1, 0.15) is 0 Å². The molecule has 2 N–H and O–H groups in total. The molecule has 3 aliphatic carbocycles. The smallest absolute Gasteiger partial charge is 0.0973 e. The summed E-state index contributed by atoms with van der Waals surface area (Å²) in [4.78, 5) is 0. The maximum absolute atomic E-state index is 10.4. The van der Waals surface area contributed by atoms with Gasteiger partial charge < -0.3 is 10.2 Å². The lowest BCUT2D eigenvalue weighted by molar-refractivity contribution is -0.105. The molecule has 1 unspecified atom stereocenters. The average Bonchev–Trinajstić information content (AvgIpc) is 2.64. The van der Waals surface area contributed by atoms with E-state index >= 15 is 0 Å². The molecule has 3 rings (SSSR count). The molecular formula is C11H16O2. The molecule has 0 amide bonds. The van der Waals surface area contributed by atoms with Gasteiger partial charge in [-0.2, -0.15) is 0 Å². The zero-order valence-electron chi connectivity index (χ0n) is 7.69. The molecule has 0 radical (unpaired) electrons. The van der Waals surface area contributed by atoms with Crippen molar-refractivity contribution < 1.29 is 10.2 Å². The van der Waals surface area contributed by atoms with Crippen molar-refractivity contribution in [2.75, 3.05) is 0 Å². The second-order valence-electron chi connectivity index (χ2n) is 4.90. The zero-order chi connectivity index (χ0) is 9.05. The van der Waals surface area contributed by atoms with Crippen LogP contribution in [-0.2, 0) is 0 Å². The first-order valence-corrected chi connectivity index (χ1v) is 5.29. The van der Waals surface area contributed by atoms with E-state index < -0.39 is 11.7 Å². The molecule has 3 aliphatic rings. The van der Waals surface area contributed by atoms with E-state index in [0.717, 1.165) is 25.7 Å². The standard InChI is InChI=1S/C11H16O2/c12-10-5-4-7-6-11(10,13)9-3-1-2-8(7)9/h1,3,7-10,12-13H,2,4-6H2/t7-,8-,9-,10?,11-/m0/s1. The monoisotopic (exact) mass is 180 g/mol. The van der Waals surface area contributed by atoms with Crippen LogP contribution >= 0.6 is 0 Å². The highest BCUT2D eigenvalue weighted by Gasteiger charge is 2.58. The van der Waals surface area contributed by atoms with E-state index in [0.29, 0.717) is 11.8 Å². The topological polar surface area (TPSA) is 40.5 Å². The van der Waals surface area contributed by atoms with E-state index in [2.05, 4.69) is 12.2 Å². The van der Waals surface area contributed by atoms with Crippen LogP contribution < -0.4 is 0 Å². The fourth-order valence-electron chi connectivity index (χ4n) is 3.70. The van der Waals surface area contributed by atoms with Crippen LogP contribution in [0.4, 0.5) is 0 Å². The quantitative estimate of drug-likeness (QED) is 0.548. The molecule has 0 aromatic heterocycles. The molecule has 0 saturated heterocycles. The van der Waals surface area contributed by atoms with E-state index in [1.165, 1.54) is 0 Å². The van der Waals surface area contributed by atoms with Gasteiger partial charge in [0.15, 0.2) is 0 Å². The number of hydrogen-bond acceptors (Lipinski definition) is 2. The highest BCUT2D eigenvalue weighted by atomic mass is 16.3. The molecular weight excluding hydrogens is 164 g/mol. The zero-order valence-corrected chi connectivity index (χ0v) is 7.69. The lowest BCUT2D eigenvalue weighted by Gasteiger charge is -2.35. The van der Waals surface area contributed by atoms with Crippen LogP contribution in [0.25, 0.3) is 0 Å². The molecule has 0 spiro atoms. The summed E-state index contributed by atoms with van der Waals surface area (Å²) in [5, 5.41) is 20.2. The maximum atomic E-state index is 10.4. The Bertz CT molecular complexity index is 261. The molecule has 2 heteroatoms. The van der Waals surface area contributed by atoms with Crippen molar-refractivity contribution >= 4 is 0 Å². The summed E-state index contributed by atoms with van der Waals surface area (Å²) in [5.74, 6) is 1.53. The predicted octanol–water partition coefficient (Wildman–Crippen LogP) is 1.08. The van der Waals surface area contributed by atoms with Crippen molar-refractivity contribution in [2.45, 2.75) is 37.4 Å². The van der Waals surface area contributed by atoms with Crippen molar-refractivity contribution in [1.82, 2.24) is 0 Å². The largest absolute Gasteiger partial charge is 0.390 e. The fraction of sp³-hybridized carbons (Fsp3) is 0.818. The molecule has 2 nitrogen and oxygen atoms in total. The van der Waals surface area contributed by atoms with Crippen molar-refractivity contribution in [1.29, 1.82) is 0 Å². The number of hydrogen-bond donors (Lipinski definition) is 2. The van der Waals surface area contributed by atoms with Crippen LogP contribution in [0, 0.1) is 17.8 Å². The normalized spacial score (nSPS) is 58.3. The maximum Gasteiger partial charge on any atom is 0.0973 e. The SMILES string of the molecule is OC1CC[C@H]2C[C@]1(O)[C@H]1C=CC[C@@H]21. The van der Waals surface area contributed by atoms with Gasteiger partial charge in [-0.05, 0) is 37.5 Å². The molecule has 2 bridgehead atoms. The van der Waals surface area contributed by atoms with Crippen LogP contribution in [0.5, 0.6) is 0 Å². The third kappa shape index (κ3) is 0.856. The Balaban J connectivity index is 2.01. The highest BCUT2D eigenvalue weighted by Crippen LogP contribution is 2.56. The van der Waals surface area contributed by atoms with E-state index in [4.69, 9.17) is 0 Å². The van der Waals surface area contributed by atoms with Gasteiger partial charge in [0.05, 0.1) is 11.7 Å². The molecule has 0 aliphatic heterocycles. The van der Waals surface area contributed by atoms with Crippen molar-refractivity contribution in [3.8, 4) is 0 Å². The Hall–Kier alpha value is -0.340. The van der Waals surface area contributed by atoms with Gasteiger partial charge in [-0.3, -0.25) is 0 Å². The van der Waals surface area contributed by atoms with Gasteiger partial charge in [0, 0.05) is 5.92 Å². The average molecular weight is 180 g/mol. The van der Waals surface area contributed by atoms with Crippen LogP contribution in [0.15, 0.2) is 12.2 Å². The number of aliphatic hydroxyl groups excluding tert-OH is 1. The minimum Gasteiger partial charge on any atom is -0.390 e. The molecule has 2 fully saturated rings. The van der Waals surface area contributed by atoms with Crippen molar-refractivity contribution in [3.05, 3.63) is 12.2 Å². The third-order valence-electron chi connectivity index (χ3n) is 4.37. The van der Waals surface area contributed by atoms with Crippen molar-refractivity contribution in [2.24, 2.45) is 17.8 Å². The predicted molar refractivity (Wildman–Crippen MR) is 49.0 cm³/mol. The molecule has 0 heterocycles. The summed E-state index contributed by atoms with van der Waals surface area (Å²) in [6, 6.07) is 0. The lowest BCUT2D eigenvalue weighted by atomic mass is 9.80. The summed E-state index contributed by atoms with van der Waals surface area (Å²) < 4.78 is 0. The van der Waals surface area contributed by atoms with Gasteiger partial charge in [0.2, 0.25) is 0 Å². The second-order valence-corrected chi connectivity index (χ2v) is 4.90. The first kappa shape index (κ1) is 8.01. The first-order chi connectivity index (χ1) is 6.22. The van der Waals surface area contributed by atoms with E-state index in [-0.39, 0.29) is 5.92 Å². The molecule has 5 atom stereocenters. The fourth-order valence-corrected chi connectivity index (χ4v) is 3.70. The Kier molecular flexibility index (Phi) is 1.46. The van der Waals surface area contributed by atoms with Gasteiger partial charge in [-0.15, -0.1) is 0 Å². The van der Waals surface area contributed by atoms with Gasteiger partial charge in [-0.25, -0.2) is 0 Å². The third-order valence-corrected chi connectivity index (χ3v) is 4.37. The highest BCUT2D eigenvalue weighted by molar-refractivity contribution is 5.19. The minimum absolute atomic E-state index is 0.245. The number of allylic oxidation sites excluding steroid dienone is 1. The minimum atomic E-state index is -0.777. The summed E-state index contributed by atoms with van der Waals surface area (Å²) in [7, 11) is 0. The van der Waals surface area contributed by atoms with Crippen LogP contribution in [-0.4, -0.2) is 21.9 Å². The van der Waals surface area contributed by atoms with Gasteiger partial charge >= 0.3 is 0 Å². The van der Waals surface area contributed by atoms with Gasteiger partial charge in [0.25, 0.3) is 0 Å². The molecule has 0 aromatic carbocycles. The van der Waals surface area contributed by atoms with Gasteiger partial charge in [-0.1, -0.05) is 12.2 Å². The Morgan fingerprint density at radius 3 is 3.00 bits per heavy atom. The molecule has 0 aromatic rings. The molecule has 2 saturated carbocycles. The molecule has 72 valence electrons. The Morgan fingerprint density at radius 1 is 1.31 bits per heavy atom. The Morgan fingerprint density at radius 2 is 2.15 bits per heavy atom. The summed E-state index contributed by atoms with van der Waals surface area (Å²) >= 11 is 0. The summed E-state index contributed by atoms with van der Waals surface area (Å²) in [6.07, 6.45) is 7.65.